The molecule has 0 spiro atoms. The molecular formula is C15H14N6OS. The molecule has 4 aromatic rings. The van der Waals surface area contributed by atoms with Crippen molar-refractivity contribution in [1.82, 2.24) is 30.2 Å². The van der Waals surface area contributed by atoms with E-state index in [1.165, 1.54) is 6.33 Å². The van der Waals surface area contributed by atoms with Crippen LogP contribution >= 0.6 is 11.8 Å². The normalized spacial score (nSPS) is 11.3. The van der Waals surface area contributed by atoms with Crippen molar-refractivity contribution in [2.24, 2.45) is 0 Å². The summed E-state index contributed by atoms with van der Waals surface area (Å²) in [6.45, 7) is 2.78. The Hall–Kier alpha value is -2.61. The molecule has 1 N–H and O–H groups in total. The van der Waals surface area contributed by atoms with Crippen molar-refractivity contribution in [3.63, 3.8) is 0 Å². The van der Waals surface area contributed by atoms with Gasteiger partial charge in [0, 0.05) is 16.7 Å². The van der Waals surface area contributed by atoms with Gasteiger partial charge >= 0.3 is 0 Å². The molecule has 0 radical (unpaired) electrons. The van der Waals surface area contributed by atoms with Crippen molar-refractivity contribution in [2.75, 3.05) is 5.75 Å². The Morgan fingerprint density at radius 2 is 2.22 bits per heavy atom. The van der Waals surface area contributed by atoms with E-state index in [1.807, 2.05) is 36.0 Å². The first-order chi connectivity index (χ1) is 11.3. The lowest BCUT2D eigenvalue weighted by atomic mass is 10.1. The van der Waals surface area contributed by atoms with Gasteiger partial charge in [-0.1, -0.05) is 35.2 Å². The number of aromatic amines is 1. The Labute approximate surface area is 136 Å². The molecule has 7 nitrogen and oxygen atoms in total. The van der Waals surface area contributed by atoms with Crippen LogP contribution in [0.5, 0.6) is 0 Å². The Morgan fingerprint density at radius 1 is 1.30 bits per heavy atom. The second-order valence-electron chi connectivity index (χ2n) is 5.06. The zero-order chi connectivity index (χ0) is 15.6. The van der Waals surface area contributed by atoms with Crippen molar-refractivity contribution in [2.45, 2.75) is 18.6 Å². The van der Waals surface area contributed by atoms with E-state index in [0.29, 0.717) is 0 Å². The summed E-state index contributed by atoms with van der Waals surface area (Å²) >= 11 is 1.59. The second-order valence-corrected chi connectivity index (χ2v) is 6.14. The number of fused-ring (bicyclic) bond motifs is 1. The van der Waals surface area contributed by atoms with Gasteiger partial charge in [0.05, 0.1) is 12.7 Å². The first kappa shape index (κ1) is 14.0. The van der Waals surface area contributed by atoms with Crippen LogP contribution in [0.2, 0.25) is 0 Å². The summed E-state index contributed by atoms with van der Waals surface area (Å²) in [5.74, 6) is 1.61. The molecule has 0 saturated carbocycles. The molecule has 0 unspecified atom stereocenters. The van der Waals surface area contributed by atoms with Crippen molar-refractivity contribution in [1.29, 1.82) is 0 Å². The molecule has 0 aliphatic rings. The first-order valence-corrected chi connectivity index (χ1v) is 8.16. The highest BCUT2D eigenvalue weighted by atomic mass is 32.2. The van der Waals surface area contributed by atoms with Gasteiger partial charge in [-0.15, -0.1) is 5.10 Å². The minimum absolute atomic E-state index is 0.734. The predicted octanol–water partition coefficient (Wildman–Crippen LogP) is 2.91. The van der Waals surface area contributed by atoms with Gasteiger partial charge in [-0.25, -0.2) is 4.98 Å². The molecule has 0 atom stereocenters. The number of hydrogen-bond donors (Lipinski definition) is 1. The van der Waals surface area contributed by atoms with E-state index in [1.54, 1.807) is 11.8 Å². The fourth-order valence-electron chi connectivity index (χ4n) is 2.43. The van der Waals surface area contributed by atoms with Crippen LogP contribution < -0.4 is 0 Å². The summed E-state index contributed by atoms with van der Waals surface area (Å²) in [5, 5.41) is 17.0. The van der Waals surface area contributed by atoms with Crippen LogP contribution in [0.25, 0.3) is 22.4 Å². The molecule has 0 aliphatic heterocycles. The van der Waals surface area contributed by atoms with Gasteiger partial charge in [0.1, 0.15) is 17.6 Å². The van der Waals surface area contributed by atoms with Crippen molar-refractivity contribution < 1.29 is 4.42 Å². The standard InChI is InChI=1S/C15H14N6OS/c1-10-11-4-2-3-5-13(11)22-14(10)12-8-21(20-18-12)6-7-23-15-16-9-17-19-15/h2-5,8-9H,6-7H2,1H3,(H,16,17,19). The number of aromatic nitrogens is 6. The highest BCUT2D eigenvalue weighted by Crippen LogP contribution is 2.31. The van der Waals surface area contributed by atoms with Crippen LogP contribution in [-0.4, -0.2) is 35.9 Å². The fourth-order valence-corrected chi connectivity index (χ4v) is 3.14. The molecule has 0 bridgehead atoms. The van der Waals surface area contributed by atoms with Gasteiger partial charge in [0.2, 0.25) is 0 Å². The number of para-hydroxylation sites is 1. The van der Waals surface area contributed by atoms with Crippen molar-refractivity contribution in [3.8, 4) is 11.5 Å². The zero-order valence-electron chi connectivity index (χ0n) is 12.4. The highest BCUT2D eigenvalue weighted by molar-refractivity contribution is 7.99. The van der Waals surface area contributed by atoms with Crippen LogP contribution in [-0.2, 0) is 6.54 Å². The molecule has 4 rings (SSSR count). The van der Waals surface area contributed by atoms with E-state index >= 15 is 0 Å². The largest absolute Gasteiger partial charge is 0.454 e. The summed E-state index contributed by atoms with van der Waals surface area (Å²) in [7, 11) is 0. The number of aryl methyl sites for hydroxylation is 2. The van der Waals surface area contributed by atoms with E-state index in [4.69, 9.17) is 4.42 Å². The van der Waals surface area contributed by atoms with Crippen LogP contribution in [0.3, 0.4) is 0 Å². The molecule has 8 heteroatoms. The van der Waals surface area contributed by atoms with Crippen molar-refractivity contribution in [3.05, 3.63) is 42.4 Å². The smallest absolute Gasteiger partial charge is 0.183 e. The van der Waals surface area contributed by atoms with Crippen LogP contribution in [0, 0.1) is 6.92 Å². The average Bonchev–Trinajstić information content (AvgIpc) is 3.29. The molecule has 23 heavy (non-hydrogen) atoms. The third-order valence-electron chi connectivity index (χ3n) is 3.57. The van der Waals surface area contributed by atoms with Gasteiger partial charge in [-0.3, -0.25) is 9.78 Å². The molecular weight excluding hydrogens is 312 g/mol. The zero-order valence-corrected chi connectivity index (χ0v) is 13.2. The molecule has 0 amide bonds. The minimum Gasteiger partial charge on any atom is -0.454 e. The minimum atomic E-state index is 0.734. The summed E-state index contributed by atoms with van der Waals surface area (Å²) in [6.07, 6.45) is 3.41. The number of rotatable bonds is 5. The fraction of sp³-hybridized carbons (Fsp3) is 0.200. The maximum absolute atomic E-state index is 5.92. The highest BCUT2D eigenvalue weighted by Gasteiger charge is 2.15. The van der Waals surface area contributed by atoms with Crippen LogP contribution in [0.15, 0.2) is 46.4 Å². The molecule has 3 heterocycles. The van der Waals surface area contributed by atoms with Crippen LogP contribution in [0.4, 0.5) is 0 Å². The van der Waals surface area contributed by atoms with Gasteiger partial charge in [-0.2, -0.15) is 5.10 Å². The third kappa shape index (κ3) is 2.72. The van der Waals surface area contributed by atoms with Crippen molar-refractivity contribution >= 4 is 22.7 Å². The van der Waals surface area contributed by atoms with Gasteiger partial charge in [0.25, 0.3) is 0 Å². The molecule has 0 aliphatic carbocycles. The van der Waals surface area contributed by atoms with Gasteiger partial charge in [0.15, 0.2) is 10.9 Å². The number of H-pyrrole nitrogens is 1. The van der Waals surface area contributed by atoms with E-state index in [-0.39, 0.29) is 0 Å². The maximum atomic E-state index is 5.92. The molecule has 1 aromatic carbocycles. The SMILES string of the molecule is Cc1c(-c2cn(CCSc3ncn[nH]3)nn2)oc2ccccc12. The molecule has 0 saturated heterocycles. The lowest BCUT2D eigenvalue weighted by Gasteiger charge is -1.97. The van der Waals surface area contributed by atoms with Gasteiger partial charge in [-0.05, 0) is 13.0 Å². The van der Waals surface area contributed by atoms with E-state index in [9.17, 15) is 0 Å². The number of furan rings is 1. The summed E-state index contributed by atoms with van der Waals surface area (Å²) in [4.78, 5) is 4.07. The first-order valence-electron chi connectivity index (χ1n) is 7.18. The van der Waals surface area contributed by atoms with E-state index in [0.717, 1.165) is 45.4 Å². The predicted molar refractivity (Wildman–Crippen MR) is 87.1 cm³/mol. The van der Waals surface area contributed by atoms with Gasteiger partial charge < -0.3 is 4.42 Å². The lowest BCUT2D eigenvalue weighted by Crippen LogP contribution is -2.01. The topological polar surface area (TPSA) is 85.4 Å². The van der Waals surface area contributed by atoms with E-state index in [2.05, 4.69) is 31.6 Å². The Balaban J connectivity index is 1.51. The molecule has 3 aromatic heterocycles. The lowest BCUT2D eigenvalue weighted by molar-refractivity contribution is 0.624. The summed E-state index contributed by atoms with van der Waals surface area (Å²) in [5.41, 5.74) is 2.71. The number of thioether (sulfide) groups is 1. The second kappa shape index (κ2) is 5.88. The molecule has 116 valence electrons. The number of hydrogen-bond acceptors (Lipinski definition) is 6. The van der Waals surface area contributed by atoms with E-state index < -0.39 is 0 Å². The Bertz CT molecular complexity index is 927. The number of nitrogens with zero attached hydrogens (tertiary/aromatic N) is 5. The average molecular weight is 326 g/mol. The Kier molecular flexibility index (Phi) is 3.58. The number of benzene rings is 1. The molecule has 0 fully saturated rings. The maximum Gasteiger partial charge on any atom is 0.183 e. The summed E-state index contributed by atoms with van der Waals surface area (Å²) < 4.78 is 7.73. The Morgan fingerprint density at radius 3 is 3.04 bits per heavy atom. The quantitative estimate of drug-likeness (QED) is 0.568. The number of nitrogens with one attached hydrogen (secondary N) is 1. The van der Waals surface area contributed by atoms with Crippen LogP contribution in [0.1, 0.15) is 5.56 Å². The summed E-state index contributed by atoms with van der Waals surface area (Å²) in [6, 6.07) is 7.99. The third-order valence-corrected chi connectivity index (χ3v) is 4.42. The monoisotopic (exact) mass is 326 g/mol.